The molecule has 3 N–H and O–H groups in total. The number of aliphatic imine (C=N–C) groups is 1. The van der Waals surface area contributed by atoms with E-state index in [1.807, 2.05) is 31.2 Å². The van der Waals surface area contributed by atoms with Crippen LogP contribution in [0.15, 0.2) is 53.5 Å². The van der Waals surface area contributed by atoms with Crippen LogP contribution in [0.5, 0.6) is 0 Å². The van der Waals surface area contributed by atoms with Crippen molar-refractivity contribution in [1.29, 1.82) is 0 Å². The van der Waals surface area contributed by atoms with Crippen LogP contribution in [-0.4, -0.2) is 85.7 Å². The van der Waals surface area contributed by atoms with Gasteiger partial charge in [0.2, 0.25) is 5.91 Å². The molecule has 2 aromatic rings. The van der Waals surface area contributed by atoms with Crippen LogP contribution < -0.4 is 10.6 Å². The number of guanidine groups is 1. The second-order valence-electron chi connectivity index (χ2n) is 8.24. The summed E-state index contributed by atoms with van der Waals surface area (Å²) in [5, 5.41) is 15.4. The number of carboxylic acids is 1. The van der Waals surface area contributed by atoms with Crippen molar-refractivity contribution >= 4 is 29.2 Å². The molecule has 0 spiro atoms. The Morgan fingerprint density at radius 2 is 1.76 bits per heavy atom. The minimum Gasteiger partial charge on any atom is -0.478 e. The molecule has 34 heavy (non-hydrogen) atoms. The van der Waals surface area contributed by atoms with Gasteiger partial charge in [0.05, 0.1) is 12.1 Å². The molecule has 0 aromatic heterocycles. The summed E-state index contributed by atoms with van der Waals surface area (Å²) < 4.78 is 5.12. The minimum absolute atomic E-state index is 0.0239. The summed E-state index contributed by atoms with van der Waals surface area (Å²) in [6.07, 6.45) is 0.804. The SMILES string of the molecule is COCCCN=C(Nc1ccc(C(=O)O)cc1)N1CCN(CC(=O)Nc2cccc(C)c2)CC1. The number of nitrogens with one attached hydrogen (secondary N) is 2. The number of carbonyl (C=O) groups is 2. The van der Waals surface area contributed by atoms with Gasteiger partial charge in [-0.05, 0) is 55.3 Å². The van der Waals surface area contributed by atoms with Gasteiger partial charge in [0, 0.05) is 57.8 Å². The van der Waals surface area contributed by atoms with Gasteiger partial charge in [-0.25, -0.2) is 4.79 Å². The Morgan fingerprint density at radius 1 is 1.03 bits per heavy atom. The minimum atomic E-state index is -0.956. The van der Waals surface area contributed by atoms with Crippen LogP contribution in [0.2, 0.25) is 0 Å². The van der Waals surface area contributed by atoms with Crippen molar-refractivity contribution in [2.75, 3.05) is 63.6 Å². The Kier molecular flexibility index (Phi) is 9.42. The van der Waals surface area contributed by atoms with Gasteiger partial charge in [-0.3, -0.25) is 14.7 Å². The smallest absolute Gasteiger partial charge is 0.335 e. The van der Waals surface area contributed by atoms with E-state index in [2.05, 4.69) is 20.4 Å². The molecule has 0 saturated carbocycles. The average molecular weight is 468 g/mol. The lowest BCUT2D eigenvalue weighted by Crippen LogP contribution is -2.52. The van der Waals surface area contributed by atoms with Gasteiger partial charge in [-0.1, -0.05) is 12.1 Å². The molecule has 182 valence electrons. The van der Waals surface area contributed by atoms with E-state index < -0.39 is 5.97 Å². The van der Waals surface area contributed by atoms with Crippen LogP contribution >= 0.6 is 0 Å². The quantitative estimate of drug-likeness (QED) is 0.296. The van der Waals surface area contributed by atoms with E-state index in [-0.39, 0.29) is 11.5 Å². The number of rotatable bonds is 9. The molecule has 1 aliphatic rings. The average Bonchev–Trinajstić information content (AvgIpc) is 2.82. The zero-order valence-corrected chi connectivity index (χ0v) is 19.8. The van der Waals surface area contributed by atoms with Gasteiger partial charge < -0.3 is 25.4 Å². The first-order valence-corrected chi connectivity index (χ1v) is 11.4. The monoisotopic (exact) mass is 467 g/mol. The zero-order valence-electron chi connectivity index (χ0n) is 19.8. The second kappa shape index (κ2) is 12.7. The highest BCUT2D eigenvalue weighted by atomic mass is 16.5. The van der Waals surface area contributed by atoms with E-state index in [0.29, 0.717) is 19.7 Å². The lowest BCUT2D eigenvalue weighted by atomic mass is 10.2. The van der Waals surface area contributed by atoms with Crippen molar-refractivity contribution in [2.45, 2.75) is 13.3 Å². The van der Waals surface area contributed by atoms with Crippen LogP contribution in [-0.2, 0) is 9.53 Å². The van der Waals surface area contributed by atoms with Gasteiger partial charge in [0.1, 0.15) is 0 Å². The topological polar surface area (TPSA) is 106 Å². The molecule has 1 fully saturated rings. The normalized spacial score (nSPS) is 14.6. The van der Waals surface area contributed by atoms with E-state index in [0.717, 1.165) is 55.5 Å². The van der Waals surface area contributed by atoms with Gasteiger partial charge in [0.25, 0.3) is 0 Å². The molecule has 2 aromatic carbocycles. The lowest BCUT2D eigenvalue weighted by molar-refractivity contribution is -0.117. The number of carboxylic acid groups (broad SMARTS) is 1. The summed E-state index contributed by atoms with van der Waals surface area (Å²) in [5.41, 5.74) is 2.93. The summed E-state index contributed by atoms with van der Waals surface area (Å²) >= 11 is 0. The predicted molar refractivity (Wildman–Crippen MR) is 134 cm³/mol. The third-order valence-electron chi connectivity index (χ3n) is 5.50. The Hall–Kier alpha value is -3.43. The molecule has 0 unspecified atom stereocenters. The van der Waals surface area contributed by atoms with Crippen molar-refractivity contribution in [1.82, 2.24) is 9.80 Å². The molecule has 1 saturated heterocycles. The fraction of sp³-hybridized carbons (Fsp3) is 0.400. The number of aromatic carboxylic acids is 1. The number of nitrogens with zero attached hydrogens (tertiary/aromatic N) is 3. The number of amides is 1. The Morgan fingerprint density at radius 3 is 2.41 bits per heavy atom. The van der Waals surface area contributed by atoms with Crippen LogP contribution in [0.1, 0.15) is 22.3 Å². The maximum absolute atomic E-state index is 12.5. The maximum atomic E-state index is 12.5. The first kappa shape index (κ1) is 25.2. The van der Waals surface area contributed by atoms with E-state index >= 15 is 0 Å². The molecular formula is C25H33N5O4. The molecular weight excluding hydrogens is 434 g/mol. The number of carbonyl (C=O) groups excluding carboxylic acids is 1. The van der Waals surface area contributed by atoms with Gasteiger partial charge in [-0.15, -0.1) is 0 Å². The highest BCUT2D eigenvalue weighted by Crippen LogP contribution is 2.13. The van der Waals surface area contributed by atoms with E-state index in [4.69, 9.17) is 14.8 Å². The highest BCUT2D eigenvalue weighted by Gasteiger charge is 2.21. The molecule has 0 bridgehead atoms. The second-order valence-corrected chi connectivity index (χ2v) is 8.24. The summed E-state index contributed by atoms with van der Waals surface area (Å²) in [7, 11) is 1.67. The van der Waals surface area contributed by atoms with Crippen molar-refractivity contribution in [3.05, 3.63) is 59.7 Å². The number of aryl methyl sites for hydroxylation is 1. The van der Waals surface area contributed by atoms with Crippen LogP contribution in [0.4, 0.5) is 11.4 Å². The molecule has 1 aliphatic heterocycles. The number of ether oxygens (including phenoxy) is 1. The fourth-order valence-electron chi connectivity index (χ4n) is 3.68. The van der Waals surface area contributed by atoms with Crippen molar-refractivity contribution in [2.24, 2.45) is 4.99 Å². The Bertz CT molecular complexity index is 985. The summed E-state index contributed by atoms with van der Waals surface area (Å²) in [5.74, 6) is -0.241. The predicted octanol–water partition coefficient (Wildman–Crippen LogP) is 2.75. The highest BCUT2D eigenvalue weighted by molar-refractivity contribution is 5.95. The summed E-state index contributed by atoms with van der Waals surface area (Å²) in [6, 6.07) is 14.4. The largest absolute Gasteiger partial charge is 0.478 e. The van der Waals surface area contributed by atoms with Gasteiger partial charge in [-0.2, -0.15) is 0 Å². The summed E-state index contributed by atoms with van der Waals surface area (Å²) in [4.78, 5) is 32.6. The van der Waals surface area contributed by atoms with Crippen molar-refractivity contribution in [3.63, 3.8) is 0 Å². The fourth-order valence-corrected chi connectivity index (χ4v) is 3.68. The van der Waals surface area contributed by atoms with Crippen molar-refractivity contribution < 1.29 is 19.4 Å². The van der Waals surface area contributed by atoms with E-state index in [9.17, 15) is 9.59 Å². The number of hydrogen-bond acceptors (Lipinski definition) is 5. The van der Waals surface area contributed by atoms with Gasteiger partial charge in [0.15, 0.2) is 5.96 Å². The molecule has 0 aliphatic carbocycles. The number of hydrogen-bond donors (Lipinski definition) is 3. The molecule has 9 nitrogen and oxygen atoms in total. The third kappa shape index (κ3) is 7.86. The number of methoxy groups -OCH3 is 1. The standard InChI is InChI=1S/C25H33N5O4/c1-19-5-3-6-22(17-19)27-23(31)18-29-12-14-30(15-13-29)25(26-11-4-16-34-2)28-21-9-7-20(8-10-21)24(32)33/h3,5-10,17H,4,11-16,18H2,1-2H3,(H,26,28)(H,27,31)(H,32,33). The Balaban J connectivity index is 1.56. The van der Waals surface area contributed by atoms with E-state index in [1.165, 1.54) is 0 Å². The van der Waals surface area contributed by atoms with Gasteiger partial charge >= 0.3 is 5.97 Å². The molecule has 9 heteroatoms. The molecule has 1 amide bonds. The Labute approximate surface area is 200 Å². The van der Waals surface area contributed by atoms with Crippen molar-refractivity contribution in [3.8, 4) is 0 Å². The molecule has 0 atom stereocenters. The van der Waals surface area contributed by atoms with Crippen LogP contribution in [0.3, 0.4) is 0 Å². The van der Waals surface area contributed by atoms with Crippen LogP contribution in [0, 0.1) is 6.92 Å². The zero-order chi connectivity index (χ0) is 24.3. The maximum Gasteiger partial charge on any atom is 0.335 e. The number of piperazine rings is 1. The molecule has 0 radical (unpaired) electrons. The number of anilines is 2. The molecule has 3 rings (SSSR count). The molecule has 1 heterocycles. The summed E-state index contributed by atoms with van der Waals surface area (Å²) in [6.45, 7) is 6.50. The third-order valence-corrected chi connectivity index (χ3v) is 5.50. The first-order chi connectivity index (χ1) is 16.4. The van der Waals surface area contributed by atoms with Crippen LogP contribution in [0.25, 0.3) is 0 Å². The first-order valence-electron chi connectivity index (χ1n) is 11.4. The van der Waals surface area contributed by atoms with E-state index in [1.54, 1.807) is 31.4 Å². The lowest BCUT2D eigenvalue weighted by Gasteiger charge is -2.36. The number of benzene rings is 2.